The lowest BCUT2D eigenvalue weighted by atomic mass is 10.1. The van der Waals surface area contributed by atoms with Gasteiger partial charge in [0.2, 0.25) is 0 Å². The predicted octanol–water partition coefficient (Wildman–Crippen LogP) is 2.11. The number of nitrogens with one attached hydrogen (secondary N) is 1. The first-order valence-electron chi connectivity index (χ1n) is 3.48. The second-order valence-corrected chi connectivity index (χ2v) is 3.03. The second kappa shape index (κ2) is 3.15. The summed E-state index contributed by atoms with van der Waals surface area (Å²) in [7, 11) is 0. The van der Waals surface area contributed by atoms with Gasteiger partial charge in [0.25, 0.3) is 0 Å². The van der Waals surface area contributed by atoms with Crippen LogP contribution >= 0.6 is 12.2 Å². The first-order chi connectivity index (χ1) is 5.11. The Labute approximate surface area is 70.9 Å². The number of aliphatic hydroxyl groups is 1. The van der Waals surface area contributed by atoms with Crippen LogP contribution in [0.15, 0.2) is 12.3 Å². The van der Waals surface area contributed by atoms with Crippen molar-refractivity contribution >= 4 is 12.2 Å². The topological polar surface area (TPSA) is 36.0 Å². The summed E-state index contributed by atoms with van der Waals surface area (Å²) in [5.74, 6) is 0. The molecule has 11 heavy (non-hydrogen) atoms. The molecule has 0 aliphatic carbocycles. The Kier molecular flexibility index (Phi) is 2.42. The van der Waals surface area contributed by atoms with Crippen LogP contribution in [0.1, 0.15) is 24.2 Å². The molecule has 0 aliphatic heterocycles. The molecule has 0 spiro atoms. The first kappa shape index (κ1) is 8.43. The Hall–Kier alpha value is -0.670. The summed E-state index contributed by atoms with van der Waals surface area (Å²) in [5.41, 5.74) is 1.87. The molecule has 0 amide bonds. The van der Waals surface area contributed by atoms with Crippen LogP contribution in [0.25, 0.3) is 0 Å². The Bertz CT molecular complexity index is 303. The molecule has 1 heterocycles. The standard InChI is InChI=1S/C8H11NOS/c1-5-3-7(6(2)10)4-9-8(5)11/h3-4,6,10H,1-2H3,(H,9,11)/t6-/m0/s1. The zero-order valence-electron chi connectivity index (χ0n) is 6.59. The van der Waals surface area contributed by atoms with Crippen LogP contribution in [0.4, 0.5) is 0 Å². The third-order valence-electron chi connectivity index (χ3n) is 1.59. The van der Waals surface area contributed by atoms with Crippen molar-refractivity contribution in [3.63, 3.8) is 0 Å². The molecule has 0 aromatic carbocycles. The molecule has 1 atom stereocenters. The maximum absolute atomic E-state index is 9.19. The molecule has 0 unspecified atom stereocenters. The van der Waals surface area contributed by atoms with Gasteiger partial charge in [-0.3, -0.25) is 0 Å². The van der Waals surface area contributed by atoms with Crippen LogP contribution in [0.5, 0.6) is 0 Å². The van der Waals surface area contributed by atoms with Gasteiger partial charge in [-0.15, -0.1) is 0 Å². The second-order valence-electron chi connectivity index (χ2n) is 2.62. The number of H-pyrrole nitrogens is 1. The van der Waals surface area contributed by atoms with Gasteiger partial charge in [0, 0.05) is 6.20 Å². The Morgan fingerprint density at radius 3 is 2.73 bits per heavy atom. The summed E-state index contributed by atoms with van der Waals surface area (Å²) >= 11 is 4.96. The fraction of sp³-hybridized carbons (Fsp3) is 0.375. The number of pyridine rings is 1. The fourth-order valence-corrected chi connectivity index (χ4v) is 0.979. The smallest absolute Gasteiger partial charge is 0.106 e. The van der Waals surface area contributed by atoms with Crippen molar-refractivity contribution in [1.82, 2.24) is 4.98 Å². The molecule has 0 saturated heterocycles. The van der Waals surface area contributed by atoms with Crippen molar-refractivity contribution in [2.45, 2.75) is 20.0 Å². The van der Waals surface area contributed by atoms with E-state index in [0.29, 0.717) is 0 Å². The molecule has 60 valence electrons. The van der Waals surface area contributed by atoms with Crippen LogP contribution in [-0.4, -0.2) is 10.1 Å². The lowest BCUT2D eigenvalue weighted by Crippen LogP contribution is -1.93. The normalized spacial score (nSPS) is 13.0. The number of rotatable bonds is 1. The van der Waals surface area contributed by atoms with Gasteiger partial charge in [-0.25, -0.2) is 0 Å². The maximum Gasteiger partial charge on any atom is 0.106 e. The molecular formula is C8H11NOS. The van der Waals surface area contributed by atoms with Gasteiger partial charge < -0.3 is 10.1 Å². The van der Waals surface area contributed by atoms with E-state index < -0.39 is 6.10 Å². The van der Waals surface area contributed by atoms with E-state index >= 15 is 0 Å². The van der Waals surface area contributed by atoms with Crippen LogP contribution in [0, 0.1) is 11.6 Å². The molecule has 1 rings (SSSR count). The van der Waals surface area contributed by atoms with E-state index in [1.807, 2.05) is 13.0 Å². The van der Waals surface area contributed by atoms with Gasteiger partial charge in [0.1, 0.15) is 4.64 Å². The molecule has 2 nitrogen and oxygen atoms in total. The summed E-state index contributed by atoms with van der Waals surface area (Å²) in [6.07, 6.45) is 1.31. The molecular weight excluding hydrogens is 158 g/mol. The number of hydrogen-bond donors (Lipinski definition) is 2. The van der Waals surface area contributed by atoms with Crippen molar-refractivity contribution in [3.8, 4) is 0 Å². The Balaban J connectivity index is 3.15. The monoisotopic (exact) mass is 169 g/mol. The van der Waals surface area contributed by atoms with Gasteiger partial charge in [0.15, 0.2) is 0 Å². The third-order valence-corrected chi connectivity index (χ3v) is 2.03. The highest BCUT2D eigenvalue weighted by Crippen LogP contribution is 2.11. The fourth-order valence-electron chi connectivity index (χ4n) is 0.861. The van der Waals surface area contributed by atoms with Gasteiger partial charge in [-0.1, -0.05) is 12.2 Å². The summed E-state index contributed by atoms with van der Waals surface area (Å²) < 4.78 is 0.731. The van der Waals surface area contributed by atoms with E-state index in [1.54, 1.807) is 13.1 Å². The minimum atomic E-state index is -0.430. The molecule has 0 saturated carbocycles. The molecule has 3 heteroatoms. The van der Waals surface area contributed by atoms with Gasteiger partial charge in [-0.05, 0) is 31.0 Å². The number of aromatic nitrogens is 1. The summed E-state index contributed by atoms with van der Waals surface area (Å²) in [6.45, 7) is 3.65. The van der Waals surface area contributed by atoms with E-state index in [1.165, 1.54) is 0 Å². The predicted molar refractivity (Wildman–Crippen MR) is 47.0 cm³/mol. The number of aliphatic hydroxyl groups excluding tert-OH is 1. The van der Waals surface area contributed by atoms with Gasteiger partial charge >= 0.3 is 0 Å². The summed E-state index contributed by atoms with van der Waals surface area (Å²) in [5, 5.41) is 9.19. The number of aryl methyl sites for hydroxylation is 1. The summed E-state index contributed by atoms with van der Waals surface area (Å²) in [4.78, 5) is 2.90. The van der Waals surface area contributed by atoms with E-state index in [-0.39, 0.29) is 0 Å². The van der Waals surface area contributed by atoms with E-state index in [9.17, 15) is 5.11 Å². The molecule has 0 fully saturated rings. The van der Waals surface area contributed by atoms with Crippen LogP contribution in [0.2, 0.25) is 0 Å². The molecule has 1 aromatic rings. The highest BCUT2D eigenvalue weighted by Gasteiger charge is 1.99. The van der Waals surface area contributed by atoms with E-state index in [4.69, 9.17) is 12.2 Å². The van der Waals surface area contributed by atoms with Gasteiger partial charge in [0.05, 0.1) is 6.10 Å². The lowest BCUT2D eigenvalue weighted by Gasteiger charge is -2.04. The van der Waals surface area contributed by atoms with E-state index in [2.05, 4.69) is 4.98 Å². The van der Waals surface area contributed by atoms with Crippen molar-refractivity contribution in [2.24, 2.45) is 0 Å². The highest BCUT2D eigenvalue weighted by molar-refractivity contribution is 7.71. The molecule has 1 aromatic heterocycles. The van der Waals surface area contributed by atoms with Gasteiger partial charge in [-0.2, -0.15) is 0 Å². The molecule has 2 N–H and O–H groups in total. The number of aromatic amines is 1. The average Bonchev–Trinajstić information content (AvgIpc) is 1.94. The SMILES string of the molecule is Cc1cc([C@H](C)O)c[nH]c1=S. The van der Waals surface area contributed by atoms with Crippen LogP contribution < -0.4 is 0 Å². The van der Waals surface area contributed by atoms with Crippen LogP contribution in [0.3, 0.4) is 0 Å². The van der Waals surface area contributed by atoms with E-state index in [0.717, 1.165) is 15.8 Å². The minimum Gasteiger partial charge on any atom is -0.389 e. The lowest BCUT2D eigenvalue weighted by molar-refractivity contribution is 0.199. The Morgan fingerprint density at radius 1 is 1.64 bits per heavy atom. The van der Waals surface area contributed by atoms with Crippen LogP contribution in [-0.2, 0) is 0 Å². The van der Waals surface area contributed by atoms with Crippen molar-refractivity contribution < 1.29 is 5.11 Å². The van der Waals surface area contributed by atoms with Crippen molar-refractivity contribution in [3.05, 3.63) is 28.0 Å². The van der Waals surface area contributed by atoms with Crippen molar-refractivity contribution in [1.29, 1.82) is 0 Å². The average molecular weight is 169 g/mol. The third kappa shape index (κ3) is 1.88. The Morgan fingerprint density at radius 2 is 2.27 bits per heavy atom. The zero-order chi connectivity index (χ0) is 8.43. The number of hydrogen-bond acceptors (Lipinski definition) is 2. The largest absolute Gasteiger partial charge is 0.389 e. The molecule has 0 bridgehead atoms. The molecule has 0 radical (unpaired) electrons. The minimum absolute atomic E-state index is 0.430. The highest BCUT2D eigenvalue weighted by atomic mass is 32.1. The zero-order valence-corrected chi connectivity index (χ0v) is 7.40. The van der Waals surface area contributed by atoms with Crippen molar-refractivity contribution in [2.75, 3.05) is 0 Å². The maximum atomic E-state index is 9.19. The summed E-state index contributed by atoms with van der Waals surface area (Å²) in [6, 6.07) is 1.89. The first-order valence-corrected chi connectivity index (χ1v) is 3.89. The molecule has 0 aliphatic rings. The quantitative estimate of drug-likeness (QED) is 0.632.